The second-order valence-electron chi connectivity index (χ2n) is 7.39. The number of anilines is 2. The number of nitrogens with two attached hydrogens (primary N) is 2. The van der Waals surface area contributed by atoms with Crippen molar-refractivity contribution >= 4 is 29.1 Å². The average Bonchev–Trinajstić information content (AvgIpc) is 2.62. The highest BCUT2D eigenvalue weighted by atomic mass is 35.5. The molecule has 0 radical (unpaired) electrons. The first-order chi connectivity index (χ1) is 13.3. The van der Waals surface area contributed by atoms with Crippen LogP contribution in [-0.2, 0) is 13.0 Å². The minimum absolute atomic E-state index is 0.113. The van der Waals surface area contributed by atoms with E-state index in [2.05, 4.69) is 15.3 Å². The number of hydrogen-bond acceptors (Lipinski definition) is 7. The molecule has 1 aliphatic rings. The van der Waals surface area contributed by atoms with E-state index in [0.29, 0.717) is 35.5 Å². The summed E-state index contributed by atoms with van der Waals surface area (Å²) in [6.07, 6.45) is 4.24. The van der Waals surface area contributed by atoms with Crippen molar-refractivity contribution in [2.45, 2.75) is 51.6 Å². The Hall–Kier alpha value is -2.45. The van der Waals surface area contributed by atoms with E-state index in [1.165, 1.54) is 0 Å². The van der Waals surface area contributed by atoms with Crippen LogP contribution in [0.5, 0.6) is 0 Å². The summed E-state index contributed by atoms with van der Waals surface area (Å²) in [5, 5.41) is 15.3. The van der Waals surface area contributed by atoms with E-state index in [9.17, 15) is 10.1 Å². The van der Waals surface area contributed by atoms with Crippen LogP contribution < -0.4 is 16.8 Å². The van der Waals surface area contributed by atoms with Gasteiger partial charge in [0.05, 0.1) is 4.92 Å². The molecule has 5 N–H and O–H groups in total. The second-order valence-corrected chi connectivity index (χ2v) is 7.83. The zero-order chi connectivity index (χ0) is 20.3. The molecule has 0 aliphatic heterocycles. The van der Waals surface area contributed by atoms with Crippen molar-refractivity contribution in [3.05, 3.63) is 50.2 Å². The Balaban J connectivity index is 1.80. The minimum Gasteiger partial charge on any atom is -0.378 e. The molecule has 1 aliphatic carbocycles. The molecule has 150 valence electrons. The van der Waals surface area contributed by atoms with Crippen molar-refractivity contribution < 1.29 is 4.92 Å². The first-order valence-corrected chi connectivity index (χ1v) is 9.76. The van der Waals surface area contributed by atoms with E-state index >= 15 is 0 Å². The molecule has 28 heavy (non-hydrogen) atoms. The van der Waals surface area contributed by atoms with E-state index < -0.39 is 4.92 Å². The SMILES string of the molecule is Cc1cc(Cl)ccc1CNc1nc(N)c([N+](=O)[O-])c(CC2CCC(N)CC2)n1. The quantitative estimate of drug-likeness (QED) is 0.494. The van der Waals surface area contributed by atoms with Gasteiger partial charge in [0.15, 0.2) is 0 Å². The van der Waals surface area contributed by atoms with Gasteiger partial charge in [0.25, 0.3) is 0 Å². The number of aromatic nitrogens is 2. The van der Waals surface area contributed by atoms with Gasteiger partial charge in [-0.25, -0.2) is 4.98 Å². The molecule has 0 saturated heterocycles. The highest BCUT2D eigenvalue weighted by Gasteiger charge is 2.27. The molecule has 9 heteroatoms. The molecule has 1 aromatic heterocycles. The van der Waals surface area contributed by atoms with Gasteiger partial charge in [-0.05, 0) is 68.2 Å². The van der Waals surface area contributed by atoms with Crippen LogP contribution in [0.25, 0.3) is 0 Å². The zero-order valence-corrected chi connectivity index (χ0v) is 16.6. The van der Waals surface area contributed by atoms with E-state index in [4.69, 9.17) is 23.1 Å². The summed E-state index contributed by atoms with van der Waals surface area (Å²) in [5.74, 6) is 0.497. The highest BCUT2D eigenvalue weighted by Crippen LogP contribution is 2.32. The van der Waals surface area contributed by atoms with Gasteiger partial charge < -0.3 is 16.8 Å². The number of nitrogens with zero attached hydrogens (tertiary/aromatic N) is 3. The minimum atomic E-state index is -0.494. The van der Waals surface area contributed by atoms with Crippen molar-refractivity contribution in [3.63, 3.8) is 0 Å². The smallest absolute Gasteiger partial charge is 0.332 e. The van der Waals surface area contributed by atoms with Crippen molar-refractivity contribution in [1.82, 2.24) is 9.97 Å². The third-order valence-electron chi connectivity index (χ3n) is 5.28. The van der Waals surface area contributed by atoms with Crippen LogP contribution >= 0.6 is 11.6 Å². The third-order valence-corrected chi connectivity index (χ3v) is 5.52. The summed E-state index contributed by atoms with van der Waals surface area (Å²) >= 11 is 5.99. The van der Waals surface area contributed by atoms with Crippen molar-refractivity contribution in [2.24, 2.45) is 11.7 Å². The molecule has 0 bridgehead atoms. The summed E-state index contributed by atoms with van der Waals surface area (Å²) in [6, 6.07) is 5.84. The van der Waals surface area contributed by atoms with Gasteiger partial charge in [0, 0.05) is 17.6 Å². The number of nitrogen functional groups attached to an aromatic ring is 1. The number of nitrogens with one attached hydrogen (secondary N) is 1. The standard InChI is InChI=1S/C19H25ClN6O2/c1-11-8-14(20)5-4-13(11)10-23-19-24-16(17(26(27)28)18(22)25-19)9-12-2-6-15(21)7-3-12/h4-5,8,12,15H,2-3,6-7,9-10,21H2,1H3,(H3,22,23,24,25). The van der Waals surface area contributed by atoms with Crippen molar-refractivity contribution in [1.29, 1.82) is 0 Å². The molecule has 8 nitrogen and oxygen atoms in total. The predicted molar refractivity (Wildman–Crippen MR) is 110 cm³/mol. The summed E-state index contributed by atoms with van der Waals surface area (Å²) in [7, 11) is 0. The van der Waals surface area contributed by atoms with Crippen LogP contribution in [0.15, 0.2) is 18.2 Å². The number of halogens is 1. The van der Waals surface area contributed by atoms with Gasteiger partial charge in [0.2, 0.25) is 11.8 Å². The van der Waals surface area contributed by atoms with E-state index in [1.54, 1.807) is 0 Å². The lowest BCUT2D eigenvalue weighted by Gasteiger charge is -2.25. The number of nitro groups is 1. The summed E-state index contributed by atoms with van der Waals surface area (Å²) in [5.41, 5.74) is 14.1. The number of benzene rings is 1. The lowest BCUT2D eigenvalue weighted by molar-refractivity contribution is -0.385. The fraction of sp³-hybridized carbons (Fsp3) is 0.474. The lowest BCUT2D eigenvalue weighted by Crippen LogP contribution is -2.27. The average molecular weight is 405 g/mol. The van der Waals surface area contributed by atoms with Gasteiger partial charge >= 0.3 is 5.69 Å². The molecular weight excluding hydrogens is 380 g/mol. The van der Waals surface area contributed by atoms with Crippen LogP contribution in [0.2, 0.25) is 5.02 Å². The Labute approximate surface area is 168 Å². The maximum absolute atomic E-state index is 11.5. The van der Waals surface area contributed by atoms with Crippen molar-refractivity contribution in [2.75, 3.05) is 11.1 Å². The fourth-order valence-electron chi connectivity index (χ4n) is 3.64. The number of aryl methyl sites for hydroxylation is 1. The Bertz CT molecular complexity index is 868. The Morgan fingerprint density at radius 2 is 2.00 bits per heavy atom. The normalized spacial score (nSPS) is 19.4. The van der Waals surface area contributed by atoms with Crippen molar-refractivity contribution in [3.8, 4) is 0 Å². The summed E-state index contributed by atoms with van der Waals surface area (Å²) in [6.45, 7) is 2.44. The molecule has 1 aromatic carbocycles. The lowest BCUT2D eigenvalue weighted by atomic mass is 9.83. The fourth-order valence-corrected chi connectivity index (χ4v) is 3.87. The summed E-state index contributed by atoms with van der Waals surface area (Å²) in [4.78, 5) is 19.5. The van der Waals surface area contributed by atoms with Crippen LogP contribution in [-0.4, -0.2) is 20.9 Å². The third kappa shape index (κ3) is 4.88. The molecule has 3 rings (SSSR count). The molecule has 0 atom stereocenters. The Morgan fingerprint density at radius 1 is 1.29 bits per heavy atom. The monoisotopic (exact) mass is 404 g/mol. The predicted octanol–water partition coefficient (Wildman–Crippen LogP) is 3.60. The summed E-state index contributed by atoms with van der Waals surface area (Å²) < 4.78 is 0. The molecular formula is C19H25ClN6O2. The van der Waals surface area contributed by atoms with Gasteiger partial charge in [-0.15, -0.1) is 0 Å². The van der Waals surface area contributed by atoms with Crippen LogP contribution in [0.3, 0.4) is 0 Å². The molecule has 0 amide bonds. The molecule has 1 saturated carbocycles. The first kappa shape index (κ1) is 20.3. The van der Waals surface area contributed by atoms with E-state index in [-0.39, 0.29) is 17.5 Å². The van der Waals surface area contributed by atoms with E-state index in [0.717, 1.165) is 36.8 Å². The van der Waals surface area contributed by atoms with Gasteiger partial charge in [0.1, 0.15) is 5.69 Å². The van der Waals surface area contributed by atoms with Gasteiger partial charge in [-0.3, -0.25) is 10.1 Å². The molecule has 0 spiro atoms. The van der Waals surface area contributed by atoms with Crippen LogP contribution in [0, 0.1) is 23.0 Å². The maximum atomic E-state index is 11.5. The van der Waals surface area contributed by atoms with Crippen LogP contribution in [0.4, 0.5) is 17.5 Å². The number of hydrogen-bond donors (Lipinski definition) is 3. The van der Waals surface area contributed by atoms with Gasteiger partial charge in [-0.2, -0.15) is 4.98 Å². The highest BCUT2D eigenvalue weighted by molar-refractivity contribution is 6.30. The Morgan fingerprint density at radius 3 is 2.64 bits per heavy atom. The second kappa shape index (κ2) is 8.70. The maximum Gasteiger partial charge on any atom is 0.332 e. The van der Waals surface area contributed by atoms with Crippen LogP contribution in [0.1, 0.15) is 42.5 Å². The van der Waals surface area contributed by atoms with Gasteiger partial charge in [-0.1, -0.05) is 17.7 Å². The topological polar surface area (TPSA) is 133 Å². The largest absolute Gasteiger partial charge is 0.378 e. The van der Waals surface area contributed by atoms with E-state index in [1.807, 2.05) is 25.1 Å². The Kier molecular flexibility index (Phi) is 6.31. The molecule has 1 heterocycles. The molecule has 2 aromatic rings. The molecule has 1 fully saturated rings. The molecule has 0 unspecified atom stereocenters. The first-order valence-electron chi connectivity index (χ1n) is 9.38. The number of rotatable bonds is 6. The zero-order valence-electron chi connectivity index (χ0n) is 15.8.